The molecule has 2 unspecified atom stereocenters. The van der Waals surface area contributed by atoms with Gasteiger partial charge in [0.05, 0.1) is 0 Å². The zero-order chi connectivity index (χ0) is 12.3. The van der Waals surface area contributed by atoms with Gasteiger partial charge in [-0.25, -0.2) is 4.79 Å². The molecule has 2 saturated heterocycles. The van der Waals surface area contributed by atoms with Gasteiger partial charge in [-0.3, -0.25) is 0 Å². The lowest BCUT2D eigenvalue weighted by Crippen LogP contribution is -2.49. The van der Waals surface area contributed by atoms with Crippen LogP contribution in [0.3, 0.4) is 0 Å². The van der Waals surface area contributed by atoms with E-state index in [1.165, 1.54) is 6.42 Å². The van der Waals surface area contributed by atoms with Crippen LogP contribution in [0.15, 0.2) is 0 Å². The number of likely N-dealkylation sites (tertiary alicyclic amines) is 2. The monoisotopic (exact) mass is 239 g/mol. The Morgan fingerprint density at radius 1 is 1.29 bits per heavy atom. The molecule has 0 aliphatic carbocycles. The summed E-state index contributed by atoms with van der Waals surface area (Å²) in [6.45, 7) is 5.72. The molecule has 2 heterocycles. The zero-order valence-corrected chi connectivity index (χ0v) is 10.9. The maximum Gasteiger partial charge on any atom is 0.320 e. The van der Waals surface area contributed by atoms with Crippen LogP contribution < -0.4 is 5.73 Å². The summed E-state index contributed by atoms with van der Waals surface area (Å²) in [6, 6.07) is 0.650. The largest absolute Gasteiger partial charge is 0.330 e. The molecular weight excluding hydrogens is 214 g/mol. The molecule has 2 aliphatic rings. The summed E-state index contributed by atoms with van der Waals surface area (Å²) in [5, 5.41) is 0. The number of hydrogen-bond acceptors (Lipinski definition) is 2. The third kappa shape index (κ3) is 2.92. The standard InChI is InChI=1S/C13H25N3O/c1-11-4-2-8-15(10-11)13(17)16-9-3-5-12(16)6-7-14/h11-12H,2-10,14H2,1H3. The van der Waals surface area contributed by atoms with Crippen LogP contribution in [-0.4, -0.2) is 48.1 Å². The van der Waals surface area contributed by atoms with Crippen LogP contribution in [0.1, 0.15) is 39.0 Å². The number of carbonyl (C=O) groups excluding carboxylic acids is 1. The highest BCUT2D eigenvalue weighted by atomic mass is 16.2. The van der Waals surface area contributed by atoms with Crippen molar-refractivity contribution in [1.29, 1.82) is 0 Å². The summed E-state index contributed by atoms with van der Waals surface area (Å²) < 4.78 is 0. The van der Waals surface area contributed by atoms with Gasteiger partial charge in [-0.05, 0) is 44.6 Å². The average molecular weight is 239 g/mol. The third-order valence-electron chi connectivity index (χ3n) is 4.05. The lowest BCUT2D eigenvalue weighted by atomic mass is 10.0. The number of piperidine rings is 1. The quantitative estimate of drug-likeness (QED) is 0.796. The smallest absolute Gasteiger partial charge is 0.320 e. The van der Waals surface area contributed by atoms with Crippen LogP contribution in [-0.2, 0) is 0 Å². The number of rotatable bonds is 2. The number of hydrogen-bond donors (Lipinski definition) is 1. The molecule has 0 aromatic carbocycles. The molecule has 4 heteroatoms. The van der Waals surface area contributed by atoms with Crippen LogP contribution in [0.2, 0.25) is 0 Å². The van der Waals surface area contributed by atoms with E-state index in [1.54, 1.807) is 0 Å². The van der Waals surface area contributed by atoms with E-state index >= 15 is 0 Å². The molecule has 2 N–H and O–H groups in total. The predicted octanol–water partition coefficient (Wildman–Crippen LogP) is 1.65. The van der Waals surface area contributed by atoms with Crippen molar-refractivity contribution >= 4 is 6.03 Å². The van der Waals surface area contributed by atoms with Crippen molar-refractivity contribution in [2.24, 2.45) is 11.7 Å². The van der Waals surface area contributed by atoms with Gasteiger partial charge in [0.15, 0.2) is 0 Å². The second kappa shape index (κ2) is 5.71. The molecule has 2 aliphatic heterocycles. The molecular formula is C13H25N3O. The first-order valence-electron chi connectivity index (χ1n) is 6.98. The topological polar surface area (TPSA) is 49.6 Å². The fraction of sp³-hybridized carbons (Fsp3) is 0.923. The van der Waals surface area contributed by atoms with Gasteiger partial charge in [0.1, 0.15) is 0 Å². The molecule has 2 rings (SSSR count). The fourth-order valence-corrected chi connectivity index (χ4v) is 3.12. The van der Waals surface area contributed by atoms with Gasteiger partial charge in [-0.2, -0.15) is 0 Å². The zero-order valence-electron chi connectivity index (χ0n) is 10.9. The van der Waals surface area contributed by atoms with E-state index in [4.69, 9.17) is 5.73 Å². The van der Waals surface area contributed by atoms with Crippen molar-refractivity contribution < 1.29 is 4.79 Å². The Balaban J connectivity index is 1.93. The van der Waals surface area contributed by atoms with Gasteiger partial charge in [0.25, 0.3) is 0 Å². The number of urea groups is 1. The normalized spacial score (nSPS) is 29.8. The summed E-state index contributed by atoms with van der Waals surface area (Å²) in [5.74, 6) is 0.656. The van der Waals surface area contributed by atoms with E-state index in [2.05, 4.69) is 11.8 Å². The second-order valence-corrected chi connectivity index (χ2v) is 5.54. The molecule has 2 amide bonds. The van der Waals surface area contributed by atoms with E-state index in [0.29, 0.717) is 18.5 Å². The summed E-state index contributed by atoms with van der Waals surface area (Å²) in [6.07, 6.45) is 5.64. The minimum absolute atomic E-state index is 0.257. The molecule has 4 nitrogen and oxygen atoms in total. The van der Waals surface area contributed by atoms with Gasteiger partial charge >= 0.3 is 6.03 Å². The Kier molecular flexibility index (Phi) is 4.26. The lowest BCUT2D eigenvalue weighted by molar-refractivity contribution is 0.126. The molecule has 0 saturated carbocycles. The number of nitrogens with two attached hydrogens (primary N) is 1. The second-order valence-electron chi connectivity index (χ2n) is 5.54. The minimum atomic E-state index is 0.257. The van der Waals surface area contributed by atoms with Gasteiger partial charge in [0, 0.05) is 25.7 Å². The molecule has 0 aromatic rings. The maximum absolute atomic E-state index is 12.4. The average Bonchev–Trinajstić information content (AvgIpc) is 2.77. The van der Waals surface area contributed by atoms with E-state index < -0.39 is 0 Å². The van der Waals surface area contributed by atoms with Gasteiger partial charge in [-0.1, -0.05) is 6.92 Å². The van der Waals surface area contributed by atoms with E-state index in [0.717, 1.165) is 45.3 Å². The van der Waals surface area contributed by atoms with E-state index in [1.807, 2.05) is 4.90 Å². The van der Waals surface area contributed by atoms with Crippen LogP contribution in [0.4, 0.5) is 4.79 Å². The highest BCUT2D eigenvalue weighted by Gasteiger charge is 2.32. The Labute approximate surface area is 104 Å². The molecule has 0 bridgehead atoms. The van der Waals surface area contributed by atoms with Crippen molar-refractivity contribution in [2.45, 2.75) is 45.1 Å². The fourth-order valence-electron chi connectivity index (χ4n) is 3.12. The minimum Gasteiger partial charge on any atom is -0.330 e. The number of carbonyl (C=O) groups is 1. The number of amides is 2. The highest BCUT2D eigenvalue weighted by molar-refractivity contribution is 5.75. The maximum atomic E-state index is 12.4. The van der Waals surface area contributed by atoms with Gasteiger partial charge < -0.3 is 15.5 Å². The van der Waals surface area contributed by atoms with Crippen LogP contribution in [0, 0.1) is 5.92 Å². The Hall–Kier alpha value is -0.770. The lowest BCUT2D eigenvalue weighted by Gasteiger charge is -2.36. The summed E-state index contributed by atoms with van der Waals surface area (Å²) in [4.78, 5) is 16.5. The van der Waals surface area contributed by atoms with Gasteiger partial charge in [0.2, 0.25) is 0 Å². The molecule has 0 spiro atoms. The molecule has 0 aromatic heterocycles. The first kappa shape index (κ1) is 12.7. The molecule has 2 atom stereocenters. The number of nitrogens with zero attached hydrogens (tertiary/aromatic N) is 2. The van der Waals surface area contributed by atoms with Crippen LogP contribution >= 0.6 is 0 Å². The van der Waals surface area contributed by atoms with Crippen molar-refractivity contribution in [2.75, 3.05) is 26.2 Å². The summed E-state index contributed by atoms with van der Waals surface area (Å²) >= 11 is 0. The van der Waals surface area contributed by atoms with Gasteiger partial charge in [-0.15, -0.1) is 0 Å². The highest BCUT2D eigenvalue weighted by Crippen LogP contribution is 2.24. The first-order valence-corrected chi connectivity index (χ1v) is 6.98. The predicted molar refractivity (Wildman–Crippen MR) is 68.8 cm³/mol. The molecule has 2 fully saturated rings. The van der Waals surface area contributed by atoms with Crippen LogP contribution in [0.25, 0.3) is 0 Å². The summed E-state index contributed by atoms with van der Waals surface area (Å²) in [5.41, 5.74) is 5.62. The Bertz CT molecular complexity index is 269. The Morgan fingerprint density at radius 2 is 2.06 bits per heavy atom. The van der Waals surface area contributed by atoms with Crippen molar-refractivity contribution in [3.05, 3.63) is 0 Å². The summed E-state index contributed by atoms with van der Waals surface area (Å²) in [7, 11) is 0. The first-order chi connectivity index (χ1) is 8.22. The third-order valence-corrected chi connectivity index (χ3v) is 4.05. The van der Waals surface area contributed by atoms with E-state index in [9.17, 15) is 4.79 Å². The Morgan fingerprint density at radius 3 is 2.76 bits per heavy atom. The van der Waals surface area contributed by atoms with Crippen molar-refractivity contribution in [1.82, 2.24) is 9.80 Å². The molecule has 17 heavy (non-hydrogen) atoms. The SMILES string of the molecule is CC1CCCN(C(=O)N2CCCC2CCN)C1. The molecule has 0 radical (unpaired) electrons. The van der Waals surface area contributed by atoms with Crippen molar-refractivity contribution in [3.8, 4) is 0 Å². The van der Waals surface area contributed by atoms with Crippen molar-refractivity contribution in [3.63, 3.8) is 0 Å². The van der Waals surface area contributed by atoms with Crippen LogP contribution in [0.5, 0.6) is 0 Å². The molecule has 98 valence electrons. The van der Waals surface area contributed by atoms with E-state index in [-0.39, 0.29) is 6.03 Å².